The summed E-state index contributed by atoms with van der Waals surface area (Å²) in [6.07, 6.45) is 4.44. The molecule has 0 unspecified atom stereocenters. The number of hydrogen-bond acceptors (Lipinski definition) is 6. The van der Waals surface area contributed by atoms with E-state index in [-0.39, 0.29) is 16.9 Å². The molecule has 3 aromatic rings. The predicted molar refractivity (Wildman–Crippen MR) is 135 cm³/mol. The number of ketones is 1. The summed E-state index contributed by atoms with van der Waals surface area (Å²) in [4.78, 5) is 27.5. The molecule has 0 amide bonds. The first-order valence-corrected chi connectivity index (χ1v) is 12.8. The van der Waals surface area contributed by atoms with E-state index in [4.69, 9.17) is 4.74 Å². The van der Waals surface area contributed by atoms with Crippen molar-refractivity contribution in [3.05, 3.63) is 76.8 Å². The number of aromatic nitrogens is 1. The highest BCUT2D eigenvalue weighted by Gasteiger charge is 2.18. The lowest BCUT2D eigenvalue weighted by Crippen LogP contribution is -2.33. The largest absolute Gasteiger partial charge is 0.382 e. The summed E-state index contributed by atoms with van der Waals surface area (Å²) < 4.78 is 7.90. The standard InChI is InChI=1S/C26H28N2O3S2/c1-4-7-19-8-10-20(11-9-19)24(29)21(17-27)26-28(13-6-14-31-5-2)25(30)23(33-26)16-22-18(3)12-15-32-22/h8-12,15-16H,4-7,13-14H2,1-3H3/b23-16-,26-21-. The Kier molecular flexibility index (Phi) is 8.95. The van der Waals surface area contributed by atoms with Crippen LogP contribution >= 0.6 is 22.7 Å². The van der Waals surface area contributed by atoms with Crippen molar-refractivity contribution in [1.82, 2.24) is 4.57 Å². The molecule has 33 heavy (non-hydrogen) atoms. The predicted octanol–water partition coefficient (Wildman–Crippen LogP) is 4.04. The molecular formula is C26H28N2O3S2. The molecule has 0 radical (unpaired) electrons. The lowest BCUT2D eigenvalue weighted by atomic mass is 10.0. The number of nitrogens with zero attached hydrogens (tertiary/aromatic N) is 2. The van der Waals surface area contributed by atoms with Crippen LogP contribution in [-0.4, -0.2) is 23.6 Å². The van der Waals surface area contributed by atoms with Gasteiger partial charge in [0.25, 0.3) is 5.56 Å². The number of rotatable bonds is 10. The number of carbonyl (C=O) groups is 1. The van der Waals surface area contributed by atoms with Crippen LogP contribution in [0, 0.1) is 18.3 Å². The molecule has 0 saturated heterocycles. The van der Waals surface area contributed by atoms with E-state index in [1.807, 2.05) is 43.5 Å². The lowest BCUT2D eigenvalue weighted by Gasteiger charge is -2.05. The molecule has 0 bridgehead atoms. The summed E-state index contributed by atoms with van der Waals surface area (Å²) in [7, 11) is 0. The van der Waals surface area contributed by atoms with Gasteiger partial charge < -0.3 is 4.74 Å². The minimum absolute atomic E-state index is 0.000645. The molecule has 3 rings (SSSR count). The van der Waals surface area contributed by atoms with Gasteiger partial charge in [0, 0.05) is 30.2 Å². The average molecular weight is 481 g/mol. The summed E-state index contributed by atoms with van der Waals surface area (Å²) in [5, 5.41) is 11.9. The molecule has 0 atom stereocenters. The van der Waals surface area contributed by atoms with Gasteiger partial charge in [-0.25, -0.2) is 0 Å². The Bertz CT molecular complexity index is 1320. The van der Waals surface area contributed by atoms with Crippen LogP contribution in [-0.2, 0) is 17.7 Å². The van der Waals surface area contributed by atoms with Crippen LogP contribution in [0.4, 0.5) is 0 Å². The van der Waals surface area contributed by atoms with Gasteiger partial charge in [-0.05, 0) is 55.3 Å². The molecule has 7 heteroatoms. The van der Waals surface area contributed by atoms with Crippen LogP contribution in [0.3, 0.4) is 0 Å². The van der Waals surface area contributed by atoms with E-state index >= 15 is 0 Å². The second-order valence-corrected chi connectivity index (χ2v) is 9.63. The molecule has 0 aliphatic rings. The average Bonchev–Trinajstić information content (AvgIpc) is 3.36. The van der Waals surface area contributed by atoms with E-state index in [9.17, 15) is 14.9 Å². The second-order valence-electron chi connectivity index (χ2n) is 7.65. The molecule has 0 N–H and O–H groups in total. The van der Waals surface area contributed by atoms with Crippen molar-refractivity contribution in [3.63, 3.8) is 0 Å². The van der Waals surface area contributed by atoms with Crippen LogP contribution in [0.5, 0.6) is 0 Å². The summed E-state index contributed by atoms with van der Waals surface area (Å²) in [5.41, 5.74) is 2.51. The number of thiophene rings is 1. The molecule has 2 aromatic heterocycles. The van der Waals surface area contributed by atoms with Crippen LogP contribution in [0.1, 0.15) is 53.1 Å². The summed E-state index contributed by atoms with van der Waals surface area (Å²) in [6, 6.07) is 11.5. The molecular weight excluding hydrogens is 452 g/mol. The van der Waals surface area contributed by atoms with Gasteiger partial charge in [0.2, 0.25) is 5.78 Å². The minimum Gasteiger partial charge on any atom is -0.382 e. The molecule has 0 aliphatic carbocycles. The normalized spacial score (nSPS) is 12.6. The molecule has 0 aliphatic heterocycles. The molecule has 0 spiro atoms. The van der Waals surface area contributed by atoms with Gasteiger partial charge >= 0.3 is 0 Å². The Morgan fingerprint density at radius 3 is 2.58 bits per heavy atom. The molecule has 5 nitrogen and oxygen atoms in total. The summed E-state index contributed by atoms with van der Waals surface area (Å²) in [6.45, 7) is 7.52. The Hall–Kier alpha value is -2.79. The molecule has 1 aromatic carbocycles. The Balaban J connectivity index is 2.14. The number of benzene rings is 1. The number of thiazole rings is 1. The monoisotopic (exact) mass is 480 g/mol. The van der Waals surface area contributed by atoms with Crippen LogP contribution < -0.4 is 14.8 Å². The van der Waals surface area contributed by atoms with Crippen molar-refractivity contribution in [2.45, 2.75) is 46.6 Å². The number of nitriles is 1. The van der Waals surface area contributed by atoms with Gasteiger partial charge in [-0.2, -0.15) is 5.26 Å². The minimum atomic E-state index is -0.362. The van der Waals surface area contributed by atoms with Crippen molar-refractivity contribution in [3.8, 4) is 6.07 Å². The highest BCUT2D eigenvalue weighted by atomic mass is 32.1. The first kappa shape index (κ1) is 24.8. The number of aryl methyl sites for hydroxylation is 2. The van der Waals surface area contributed by atoms with Crippen molar-refractivity contribution in [1.29, 1.82) is 5.26 Å². The van der Waals surface area contributed by atoms with Crippen molar-refractivity contribution >= 4 is 40.1 Å². The maximum atomic E-state index is 13.3. The zero-order chi connectivity index (χ0) is 23.8. The highest BCUT2D eigenvalue weighted by Crippen LogP contribution is 2.16. The molecule has 0 saturated carbocycles. The molecule has 0 fully saturated rings. The molecule has 2 heterocycles. The summed E-state index contributed by atoms with van der Waals surface area (Å²) in [5.74, 6) is -0.362. The zero-order valence-corrected chi connectivity index (χ0v) is 20.9. The van der Waals surface area contributed by atoms with Gasteiger partial charge in [-0.3, -0.25) is 14.2 Å². The number of ether oxygens (including phenoxy) is 1. The number of carbonyl (C=O) groups excluding carboxylic acids is 1. The van der Waals surface area contributed by atoms with Crippen LogP contribution in [0.15, 0.2) is 40.5 Å². The lowest BCUT2D eigenvalue weighted by molar-refractivity contribution is 0.105. The maximum absolute atomic E-state index is 13.3. The third kappa shape index (κ3) is 5.97. The van der Waals surface area contributed by atoms with Crippen molar-refractivity contribution < 1.29 is 9.53 Å². The fourth-order valence-corrected chi connectivity index (χ4v) is 5.52. The maximum Gasteiger partial charge on any atom is 0.269 e. The SMILES string of the molecule is CCCc1ccc(C(=O)/C(C#N)=c2\s/c(=C\c3sccc3C)c(=O)n2CCCOCC)cc1. The first-order chi connectivity index (χ1) is 16.0. The second kappa shape index (κ2) is 11.9. The Morgan fingerprint density at radius 1 is 1.21 bits per heavy atom. The number of hydrogen-bond donors (Lipinski definition) is 0. The van der Waals surface area contributed by atoms with Crippen molar-refractivity contribution in [2.24, 2.45) is 0 Å². The summed E-state index contributed by atoms with van der Waals surface area (Å²) >= 11 is 2.76. The van der Waals surface area contributed by atoms with Gasteiger partial charge in [-0.15, -0.1) is 22.7 Å². The zero-order valence-electron chi connectivity index (χ0n) is 19.2. The third-order valence-corrected chi connectivity index (χ3v) is 7.35. The van der Waals surface area contributed by atoms with E-state index in [2.05, 4.69) is 13.0 Å². The smallest absolute Gasteiger partial charge is 0.269 e. The van der Waals surface area contributed by atoms with Crippen LogP contribution in [0.25, 0.3) is 11.6 Å². The fourth-order valence-electron chi connectivity index (χ4n) is 3.48. The van der Waals surface area contributed by atoms with E-state index in [1.54, 1.807) is 28.0 Å². The Labute approximate surface area is 201 Å². The Morgan fingerprint density at radius 2 is 1.97 bits per heavy atom. The third-order valence-electron chi connectivity index (χ3n) is 5.25. The highest BCUT2D eigenvalue weighted by molar-refractivity contribution is 7.11. The van der Waals surface area contributed by atoms with Gasteiger partial charge in [0.1, 0.15) is 16.3 Å². The first-order valence-electron chi connectivity index (χ1n) is 11.1. The topological polar surface area (TPSA) is 72.1 Å². The van der Waals surface area contributed by atoms with Gasteiger partial charge in [0.15, 0.2) is 0 Å². The van der Waals surface area contributed by atoms with E-state index < -0.39 is 0 Å². The van der Waals surface area contributed by atoms with Gasteiger partial charge in [-0.1, -0.05) is 37.6 Å². The van der Waals surface area contributed by atoms with E-state index in [1.165, 1.54) is 11.3 Å². The van der Waals surface area contributed by atoms with Gasteiger partial charge in [0.05, 0.1) is 4.53 Å². The van der Waals surface area contributed by atoms with Crippen molar-refractivity contribution in [2.75, 3.05) is 13.2 Å². The van der Waals surface area contributed by atoms with E-state index in [0.29, 0.717) is 40.9 Å². The fraction of sp³-hybridized carbons (Fsp3) is 0.346. The molecule has 172 valence electrons. The number of Topliss-reactive ketones (excluding diaryl/α,β-unsaturated/α-hetero) is 1. The quantitative estimate of drug-likeness (QED) is 0.324. The van der Waals surface area contributed by atoms with Crippen LogP contribution in [0.2, 0.25) is 0 Å². The van der Waals surface area contributed by atoms with E-state index in [0.717, 1.165) is 28.8 Å².